The number of hydrogen-bond acceptors (Lipinski definition) is 5. The lowest BCUT2D eigenvalue weighted by atomic mass is 10.1. The van der Waals surface area contributed by atoms with Crippen LogP contribution in [0.5, 0.6) is 11.5 Å². The molecule has 3 rings (SSSR count). The Morgan fingerprint density at radius 3 is 2.59 bits per heavy atom. The van der Waals surface area contributed by atoms with Crippen molar-refractivity contribution >= 4 is 10.0 Å². The molecular weight excluding hydrogens is 304 g/mol. The molecule has 0 amide bonds. The topological polar surface area (TPSA) is 67.9 Å². The second-order valence-corrected chi connectivity index (χ2v) is 7.80. The van der Waals surface area contributed by atoms with Crippen molar-refractivity contribution in [2.45, 2.75) is 24.3 Å². The van der Waals surface area contributed by atoms with E-state index in [1.807, 2.05) is 7.05 Å². The smallest absolute Gasteiger partial charge is 0.241 e. The van der Waals surface area contributed by atoms with Gasteiger partial charge in [-0.3, -0.25) is 0 Å². The number of ether oxygens (including phenoxy) is 2. The van der Waals surface area contributed by atoms with Crippen molar-refractivity contribution in [3.8, 4) is 11.5 Å². The van der Waals surface area contributed by atoms with Crippen LogP contribution in [0.3, 0.4) is 0 Å². The molecule has 0 saturated carbocycles. The molecule has 2 heterocycles. The Bertz CT molecular complexity index is 647. The maximum atomic E-state index is 12.6. The predicted octanol–water partition coefficient (Wildman–Crippen LogP) is 1.08. The minimum absolute atomic E-state index is 0.0639. The van der Waals surface area contributed by atoms with Crippen molar-refractivity contribution in [2.24, 2.45) is 5.92 Å². The summed E-state index contributed by atoms with van der Waals surface area (Å²) in [6.45, 7) is 4.81. The lowest BCUT2D eigenvalue weighted by Crippen LogP contribution is -2.39. The van der Waals surface area contributed by atoms with Crippen LogP contribution in [0.2, 0.25) is 0 Å². The van der Waals surface area contributed by atoms with Crippen molar-refractivity contribution in [2.75, 3.05) is 33.4 Å². The summed E-state index contributed by atoms with van der Waals surface area (Å²) in [5.74, 6) is 1.39. The summed E-state index contributed by atoms with van der Waals surface area (Å²) >= 11 is 0. The summed E-state index contributed by atoms with van der Waals surface area (Å²) in [4.78, 5) is 2.35. The van der Waals surface area contributed by atoms with Crippen LogP contribution < -0.4 is 14.2 Å². The molecule has 1 aromatic rings. The van der Waals surface area contributed by atoms with Gasteiger partial charge in [0.15, 0.2) is 11.5 Å². The summed E-state index contributed by atoms with van der Waals surface area (Å²) in [6, 6.07) is 4.72. The molecule has 0 unspecified atom stereocenters. The number of likely N-dealkylation sites (N-methyl/N-ethyl adjacent to an activating group) is 1. The summed E-state index contributed by atoms with van der Waals surface area (Å²) in [6.07, 6.45) is 0.793. The van der Waals surface area contributed by atoms with Gasteiger partial charge in [0.1, 0.15) is 0 Å². The summed E-state index contributed by atoms with van der Waals surface area (Å²) in [7, 11) is -1.56. The highest BCUT2D eigenvalue weighted by molar-refractivity contribution is 7.89. The number of sulfonamides is 1. The minimum Gasteiger partial charge on any atom is -0.490 e. The van der Waals surface area contributed by atoms with E-state index in [0.717, 1.165) is 19.5 Å². The number of nitrogens with zero attached hydrogens (tertiary/aromatic N) is 1. The first-order chi connectivity index (χ1) is 10.5. The van der Waals surface area contributed by atoms with Crippen LogP contribution in [0.15, 0.2) is 23.1 Å². The lowest BCUT2D eigenvalue weighted by Gasteiger charge is -2.17. The molecule has 1 saturated heterocycles. The van der Waals surface area contributed by atoms with E-state index in [4.69, 9.17) is 9.47 Å². The monoisotopic (exact) mass is 326 g/mol. The SMILES string of the molecule is C[C@@H]1CN(C)C[C@@H]1NS(=O)(=O)c1ccc2c(c1)OCCCO2. The molecule has 1 aromatic carbocycles. The molecule has 0 aliphatic carbocycles. The molecule has 2 aliphatic heterocycles. The summed E-state index contributed by atoms with van der Waals surface area (Å²) < 4.78 is 39.1. The highest BCUT2D eigenvalue weighted by Crippen LogP contribution is 2.32. The molecule has 6 nitrogen and oxygen atoms in total. The van der Waals surface area contributed by atoms with Gasteiger partial charge in [0.25, 0.3) is 0 Å². The highest BCUT2D eigenvalue weighted by Gasteiger charge is 2.31. The molecule has 1 fully saturated rings. The Hall–Kier alpha value is -1.31. The Kier molecular flexibility index (Phi) is 4.29. The maximum Gasteiger partial charge on any atom is 0.241 e. The van der Waals surface area contributed by atoms with E-state index >= 15 is 0 Å². The fourth-order valence-electron chi connectivity index (χ4n) is 2.94. The van der Waals surface area contributed by atoms with Crippen LogP contribution in [-0.2, 0) is 10.0 Å². The first-order valence-electron chi connectivity index (χ1n) is 7.56. The number of benzene rings is 1. The molecule has 0 radical (unpaired) electrons. The van der Waals surface area contributed by atoms with Crippen LogP contribution in [0.25, 0.3) is 0 Å². The van der Waals surface area contributed by atoms with E-state index in [-0.39, 0.29) is 10.9 Å². The average Bonchev–Trinajstić information content (AvgIpc) is 2.66. The third kappa shape index (κ3) is 3.21. The standard InChI is InChI=1S/C15H22N2O4S/c1-11-9-17(2)10-13(11)16-22(18,19)12-4-5-14-15(8-12)21-7-3-6-20-14/h4-5,8,11,13,16H,3,6-7,9-10H2,1-2H3/t11-,13+/m1/s1. The van der Waals surface area contributed by atoms with Gasteiger partial charge in [-0.05, 0) is 25.1 Å². The Morgan fingerprint density at radius 1 is 1.18 bits per heavy atom. The van der Waals surface area contributed by atoms with Crippen LogP contribution >= 0.6 is 0 Å². The van der Waals surface area contributed by atoms with Crippen molar-refractivity contribution < 1.29 is 17.9 Å². The largest absolute Gasteiger partial charge is 0.490 e. The van der Waals surface area contributed by atoms with Crippen molar-refractivity contribution in [1.29, 1.82) is 0 Å². The zero-order valence-electron chi connectivity index (χ0n) is 12.9. The first-order valence-corrected chi connectivity index (χ1v) is 9.04. The Labute approximate surface area is 131 Å². The number of rotatable bonds is 3. The van der Waals surface area contributed by atoms with Crippen molar-refractivity contribution in [3.05, 3.63) is 18.2 Å². The first kappa shape index (κ1) is 15.6. The van der Waals surface area contributed by atoms with Crippen LogP contribution in [0.1, 0.15) is 13.3 Å². The van der Waals surface area contributed by atoms with E-state index in [9.17, 15) is 8.42 Å². The highest BCUT2D eigenvalue weighted by atomic mass is 32.2. The van der Waals surface area contributed by atoms with Gasteiger partial charge in [-0.1, -0.05) is 6.92 Å². The van der Waals surface area contributed by atoms with Crippen LogP contribution in [0.4, 0.5) is 0 Å². The normalized spacial score (nSPS) is 25.9. The van der Waals surface area contributed by atoms with E-state index in [1.165, 1.54) is 0 Å². The van der Waals surface area contributed by atoms with E-state index in [2.05, 4.69) is 16.5 Å². The number of nitrogens with one attached hydrogen (secondary N) is 1. The maximum absolute atomic E-state index is 12.6. The lowest BCUT2D eigenvalue weighted by molar-refractivity contribution is 0.297. The molecule has 7 heteroatoms. The molecule has 0 bridgehead atoms. The fraction of sp³-hybridized carbons (Fsp3) is 0.600. The molecule has 22 heavy (non-hydrogen) atoms. The van der Waals surface area contributed by atoms with Gasteiger partial charge >= 0.3 is 0 Å². The Balaban J connectivity index is 1.82. The molecule has 1 N–H and O–H groups in total. The second kappa shape index (κ2) is 6.06. The van der Waals surface area contributed by atoms with Gasteiger partial charge < -0.3 is 14.4 Å². The second-order valence-electron chi connectivity index (χ2n) is 6.09. The summed E-state index contributed by atoms with van der Waals surface area (Å²) in [5.41, 5.74) is 0. The summed E-state index contributed by atoms with van der Waals surface area (Å²) in [5, 5.41) is 0. The predicted molar refractivity (Wildman–Crippen MR) is 82.8 cm³/mol. The molecular formula is C15H22N2O4S. The number of hydrogen-bond donors (Lipinski definition) is 1. The van der Waals surface area contributed by atoms with E-state index in [0.29, 0.717) is 30.6 Å². The van der Waals surface area contributed by atoms with Gasteiger partial charge in [-0.15, -0.1) is 0 Å². The molecule has 0 spiro atoms. The van der Waals surface area contributed by atoms with E-state index in [1.54, 1.807) is 18.2 Å². The Morgan fingerprint density at radius 2 is 1.91 bits per heavy atom. The zero-order chi connectivity index (χ0) is 15.7. The molecule has 122 valence electrons. The van der Waals surface area contributed by atoms with Gasteiger partial charge in [0, 0.05) is 31.6 Å². The fourth-order valence-corrected chi connectivity index (χ4v) is 4.29. The third-order valence-electron chi connectivity index (χ3n) is 4.13. The average molecular weight is 326 g/mol. The quantitative estimate of drug-likeness (QED) is 0.900. The number of likely N-dealkylation sites (tertiary alicyclic amines) is 1. The van der Waals surface area contributed by atoms with Gasteiger partial charge in [0.2, 0.25) is 10.0 Å². The van der Waals surface area contributed by atoms with Gasteiger partial charge in [-0.2, -0.15) is 0 Å². The zero-order valence-corrected chi connectivity index (χ0v) is 13.7. The van der Waals surface area contributed by atoms with Gasteiger partial charge in [0.05, 0.1) is 18.1 Å². The molecule has 2 atom stereocenters. The van der Waals surface area contributed by atoms with E-state index < -0.39 is 10.0 Å². The van der Waals surface area contributed by atoms with Crippen LogP contribution in [-0.4, -0.2) is 52.7 Å². The molecule has 0 aromatic heterocycles. The third-order valence-corrected chi connectivity index (χ3v) is 5.62. The van der Waals surface area contributed by atoms with Gasteiger partial charge in [-0.25, -0.2) is 13.1 Å². The minimum atomic E-state index is -3.56. The van der Waals surface area contributed by atoms with Crippen molar-refractivity contribution in [3.63, 3.8) is 0 Å². The molecule has 2 aliphatic rings. The van der Waals surface area contributed by atoms with Crippen LogP contribution in [0, 0.1) is 5.92 Å². The van der Waals surface area contributed by atoms with Crippen molar-refractivity contribution in [1.82, 2.24) is 9.62 Å². The number of fused-ring (bicyclic) bond motifs is 1.